The van der Waals surface area contributed by atoms with Gasteiger partial charge in [-0.25, -0.2) is 4.79 Å². The van der Waals surface area contributed by atoms with Gasteiger partial charge in [-0.15, -0.1) is 5.06 Å². The molecular weight excluding hydrogens is 242 g/mol. The molecule has 2 aliphatic rings. The van der Waals surface area contributed by atoms with Gasteiger partial charge in [0.15, 0.2) is 0 Å². The Balaban J connectivity index is 1.73. The van der Waals surface area contributed by atoms with Crippen molar-refractivity contribution in [2.24, 2.45) is 11.8 Å². The number of carbonyl (C=O) groups is 2. The van der Waals surface area contributed by atoms with E-state index < -0.39 is 11.9 Å². The van der Waals surface area contributed by atoms with Crippen molar-refractivity contribution in [2.45, 2.75) is 32.1 Å². The monoisotopic (exact) mass is 259 g/mol. The second-order valence-electron chi connectivity index (χ2n) is 5.32. The summed E-state index contributed by atoms with van der Waals surface area (Å²) in [5.74, 6) is -0.732. The molecule has 100 valence electrons. The van der Waals surface area contributed by atoms with Crippen LogP contribution >= 0.6 is 0 Å². The quantitative estimate of drug-likeness (QED) is 0.784. The first-order chi connectivity index (χ1) is 9.25. The van der Waals surface area contributed by atoms with Gasteiger partial charge in [-0.1, -0.05) is 43.9 Å². The molecule has 0 N–H and O–H groups in total. The van der Waals surface area contributed by atoms with Crippen molar-refractivity contribution in [3.8, 4) is 0 Å². The molecule has 0 aromatic heterocycles. The average Bonchev–Trinajstić information content (AvgIpc) is 3.03. The fourth-order valence-electron chi connectivity index (χ4n) is 2.96. The lowest BCUT2D eigenvalue weighted by Gasteiger charge is -2.13. The first kappa shape index (κ1) is 12.2. The van der Waals surface area contributed by atoms with Gasteiger partial charge in [-0.3, -0.25) is 4.79 Å². The topological polar surface area (TPSA) is 46.6 Å². The highest BCUT2D eigenvalue weighted by Gasteiger charge is 2.44. The van der Waals surface area contributed by atoms with Crippen LogP contribution in [0.2, 0.25) is 0 Å². The molecule has 2 fully saturated rings. The number of hydrogen-bond donors (Lipinski definition) is 0. The summed E-state index contributed by atoms with van der Waals surface area (Å²) in [4.78, 5) is 29.3. The summed E-state index contributed by atoms with van der Waals surface area (Å²) in [5.41, 5.74) is 0.620. The highest BCUT2D eigenvalue weighted by Crippen LogP contribution is 2.34. The third-order valence-corrected chi connectivity index (χ3v) is 4.00. The predicted molar refractivity (Wildman–Crippen MR) is 70.1 cm³/mol. The third kappa shape index (κ3) is 2.35. The Morgan fingerprint density at radius 3 is 2.47 bits per heavy atom. The van der Waals surface area contributed by atoms with Crippen LogP contribution in [0.3, 0.4) is 0 Å². The second-order valence-corrected chi connectivity index (χ2v) is 5.32. The van der Waals surface area contributed by atoms with E-state index in [9.17, 15) is 9.59 Å². The molecular formula is C15H17NO3. The summed E-state index contributed by atoms with van der Waals surface area (Å²) in [6, 6.07) is 9.04. The summed E-state index contributed by atoms with van der Waals surface area (Å²) in [6.07, 6.45) is 5.32. The van der Waals surface area contributed by atoms with Crippen LogP contribution in [0.4, 0.5) is 5.69 Å². The highest BCUT2D eigenvalue weighted by atomic mass is 16.7. The third-order valence-electron chi connectivity index (χ3n) is 4.00. The molecule has 0 radical (unpaired) electrons. The minimum Gasteiger partial charge on any atom is -0.332 e. The van der Waals surface area contributed by atoms with Gasteiger partial charge in [-0.05, 0) is 24.5 Å². The molecule has 3 rings (SSSR count). The lowest BCUT2D eigenvalue weighted by molar-refractivity contribution is -0.142. The number of benzene rings is 1. The lowest BCUT2D eigenvalue weighted by atomic mass is 9.93. The molecule has 4 heteroatoms. The van der Waals surface area contributed by atoms with Crippen molar-refractivity contribution < 1.29 is 14.4 Å². The Bertz CT molecular complexity index is 479. The van der Waals surface area contributed by atoms with Crippen molar-refractivity contribution in [1.82, 2.24) is 0 Å². The van der Waals surface area contributed by atoms with Crippen LogP contribution in [0.1, 0.15) is 32.1 Å². The number of rotatable bonds is 3. The number of anilines is 1. The van der Waals surface area contributed by atoms with E-state index in [-0.39, 0.29) is 5.91 Å². The molecule has 0 bridgehead atoms. The zero-order valence-electron chi connectivity index (χ0n) is 10.7. The summed E-state index contributed by atoms with van der Waals surface area (Å²) >= 11 is 0. The van der Waals surface area contributed by atoms with Crippen LogP contribution in [0, 0.1) is 11.8 Å². The molecule has 1 aliphatic carbocycles. The Morgan fingerprint density at radius 1 is 1.11 bits per heavy atom. The van der Waals surface area contributed by atoms with E-state index in [2.05, 4.69) is 0 Å². The molecule has 19 heavy (non-hydrogen) atoms. The number of carbonyl (C=O) groups excluding carboxylic acids is 2. The van der Waals surface area contributed by atoms with Crippen LogP contribution in [0.25, 0.3) is 0 Å². The largest absolute Gasteiger partial charge is 0.345 e. The second kappa shape index (κ2) is 5.03. The maximum Gasteiger partial charge on any atom is 0.345 e. The minimum atomic E-state index is -0.608. The number of hydroxylamine groups is 1. The van der Waals surface area contributed by atoms with Gasteiger partial charge in [0.25, 0.3) is 5.91 Å². The van der Waals surface area contributed by atoms with Crippen LogP contribution in [-0.4, -0.2) is 11.9 Å². The predicted octanol–water partition coefficient (Wildman–Crippen LogP) is 2.69. The van der Waals surface area contributed by atoms with Gasteiger partial charge in [0, 0.05) is 0 Å². The summed E-state index contributed by atoms with van der Waals surface area (Å²) in [6.45, 7) is 0. The van der Waals surface area contributed by atoms with E-state index in [0.717, 1.165) is 17.9 Å². The molecule has 4 nitrogen and oxygen atoms in total. The maximum atomic E-state index is 12.3. The van der Waals surface area contributed by atoms with Crippen LogP contribution in [0.15, 0.2) is 30.3 Å². The molecule has 1 unspecified atom stereocenters. The molecule has 1 saturated heterocycles. The van der Waals surface area contributed by atoms with Gasteiger partial charge < -0.3 is 4.84 Å². The maximum absolute atomic E-state index is 12.3. The Labute approximate surface area is 112 Å². The normalized spacial score (nSPS) is 24.0. The van der Waals surface area contributed by atoms with Crippen molar-refractivity contribution >= 4 is 17.6 Å². The van der Waals surface area contributed by atoms with Crippen molar-refractivity contribution in [2.75, 3.05) is 5.06 Å². The molecule has 1 amide bonds. The van der Waals surface area contributed by atoms with E-state index in [0.29, 0.717) is 18.0 Å². The van der Waals surface area contributed by atoms with Gasteiger partial charge in [-0.2, -0.15) is 0 Å². The van der Waals surface area contributed by atoms with Gasteiger partial charge in [0.05, 0.1) is 5.69 Å². The Hall–Kier alpha value is -1.84. The Morgan fingerprint density at radius 2 is 1.79 bits per heavy atom. The number of hydrogen-bond acceptors (Lipinski definition) is 3. The van der Waals surface area contributed by atoms with E-state index >= 15 is 0 Å². The smallest absolute Gasteiger partial charge is 0.332 e. The molecule has 1 saturated carbocycles. The number of amides is 1. The van der Waals surface area contributed by atoms with Crippen LogP contribution in [0.5, 0.6) is 0 Å². The van der Waals surface area contributed by atoms with Gasteiger partial charge >= 0.3 is 5.97 Å². The zero-order chi connectivity index (χ0) is 13.2. The molecule has 1 aliphatic heterocycles. The van der Waals surface area contributed by atoms with E-state index in [1.807, 2.05) is 18.2 Å². The summed E-state index contributed by atoms with van der Waals surface area (Å²) in [7, 11) is 0. The SMILES string of the molecule is O=C1ON(c2ccccc2)C(=O)C1CC1CCCC1. The van der Waals surface area contributed by atoms with Crippen molar-refractivity contribution in [3.05, 3.63) is 30.3 Å². The van der Waals surface area contributed by atoms with Crippen LogP contribution < -0.4 is 5.06 Å². The lowest BCUT2D eigenvalue weighted by Crippen LogP contribution is -2.26. The first-order valence-electron chi connectivity index (χ1n) is 6.86. The molecule has 1 aromatic rings. The first-order valence-corrected chi connectivity index (χ1v) is 6.86. The molecule has 0 spiro atoms. The van der Waals surface area contributed by atoms with Crippen molar-refractivity contribution in [3.63, 3.8) is 0 Å². The van der Waals surface area contributed by atoms with E-state index in [4.69, 9.17) is 4.84 Å². The van der Waals surface area contributed by atoms with Gasteiger partial charge in [0.2, 0.25) is 0 Å². The Kier molecular flexibility index (Phi) is 3.23. The number of nitrogens with zero attached hydrogens (tertiary/aromatic N) is 1. The van der Waals surface area contributed by atoms with Gasteiger partial charge in [0.1, 0.15) is 5.92 Å². The minimum absolute atomic E-state index is 0.219. The molecule has 1 aromatic carbocycles. The van der Waals surface area contributed by atoms with Crippen LogP contribution in [-0.2, 0) is 14.4 Å². The molecule has 1 heterocycles. The highest BCUT2D eigenvalue weighted by molar-refractivity contribution is 6.10. The fourth-order valence-corrected chi connectivity index (χ4v) is 2.96. The summed E-state index contributed by atoms with van der Waals surface area (Å²) in [5, 5.41) is 1.14. The zero-order valence-corrected chi connectivity index (χ0v) is 10.7. The summed E-state index contributed by atoms with van der Waals surface area (Å²) < 4.78 is 0. The standard InChI is InChI=1S/C15H17NO3/c17-14-13(10-11-6-4-5-7-11)15(18)19-16(14)12-8-2-1-3-9-12/h1-3,8-9,11,13H,4-7,10H2. The van der Waals surface area contributed by atoms with E-state index in [1.54, 1.807) is 12.1 Å². The van der Waals surface area contributed by atoms with Crippen molar-refractivity contribution in [1.29, 1.82) is 0 Å². The average molecular weight is 259 g/mol. The number of para-hydroxylation sites is 1. The fraction of sp³-hybridized carbons (Fsp3) is 0.467. The van der Waals surface area contributed by atoms with E-state index in [1.165, 1.54) is 12.8 Å². The molecule has 1 atom stereocenters.